The van der Waals surface area contributed by atoms with Crippen LogP contribution >= 0.6 is 11.6 Å². The lowest BCUT2D eigenvalue weighted by Gasteiger charge is -2.24. The summed E-state index contributed by atoms with van der Waals surface area (Å²) in [7, 11) is 0. The third-order valence-electron chi connectivity index (χ3n) is 4.95. The molecule has 1 amide bonds. The predicted octanol–water partition coefficient (Wildman–Crippen LogP) is 2.48. The predicted molar refractivity (Wildman–Crippen MR) is 91.7 cm³/mol. The minimum Gasteiger partial charge on any atom is -0.333 e. The van der Waals surface area contributed by atoms with Crippen LogP contribution in [0.3, 0.4) is 0 Å². The van der Waals surface area contributed by atoms with Crippen LogP contribution in [0.2, 0.25) is 5.15 Å². The van der Waals surface area contributed by atoms with Crippen molar-refractivity contribution >= 4 is 17.5 Å². The first-order chi connectivity index (χ1) is 11.7. The Morgan fingerprint density at radius 1 is 1.25 bits per heavy atom. The number of rotatable bonds is 3. The fourth-order valence-electron chi connectivity index (χ4n) is 3.85. The van der Waals surface area contributed by atoms with E-state index in [1.165, 1.54) is 5.56 Å². The van der Waals surface area contributed by atoms with Crippen molar-refractivity contribution in [2.24, 2.45) is 5.92 Å². The van der Waals surface area contributed by atoms with Crippen molar-refractivity contribution in [3.63, 3.8) is 0 Å². The average molecular weight is 343 g/mol. The molecule has 4 rings (SSSR count). The molecule has 24 heavy (non-hydrogen) atoms. The summed E-state index contributed by atoms with van der Waals surface area (Å²) >= 11 is 5.92. The third kappa shape index (κ3) is 3.01. The Labute approximate surface area is 146 Å². The summed E-state index contributed by atoms with van der Waals surface area (Å²) in [5, 5.41) is 0.362. The van der Waals surface area contributed by atoms with Gasteiger partial charge in [0.2, 0.25) is 0 Å². The van der Waals surface area contributed by atoms with Gasteiger partial charge < -0.3 is 4.90 Å². The molecular formula is C18H19ClN4O. The molecule has 2 aromatic heterocycles. The molecule has 5 nitrogen and oxygen atoms in total. The Hall–Kier alpha value is -1.98. The van der Waals surface area contributed by atoms with Crippen molar-refractivity contribution in [2.75, 3.05) is 19.6 Å². The normalized spacial score (nSPS) is 23.5. The van der Waals surface area contributed by atoms with Gasteiger partial charge in [-0.1, -0.05) is 23.7 Å². The van der Waals surface area contributed by atoms with E-state index in [-0.39, 0.29) is 11.9 Å². The van der Waals surface area contributed by atoms with Crippen LogP contribution in [0.15, 0.2) is 42.7 Å². The number of halogens is 1. The van der Waals surface area contributed by atoms with E-state index in [0.29, 0.717) is 16.8 Å². The van der Waals surface area contributed by atoms with Gasteiger partial charge in [0.25, 0.3) is 5.91 Å². The summed E-state index contributed by atoms with van der Waals surface area (Å²) in [6, 6.07) is 9.54. The van der Waals surface area contributed by atoms with Crippen LogP contribution in [0.5, 0.6) is 0 Å². The van der Waals surface area contributed by atoms with Crippen molar-refractivity contribution in [3.8, 4) is 0 Å². The minimum absolute atomic E-state index is 0.00627. The summed E-state index contributed by atoms with van der Waals surface area (Å²) in [6.45, 7) is 3.64. The molecule has 6 heteroatoms. The molecule has 0 N–H and O–H groups in total. The number of hydrogen-bond donors (Lipinski definition) is 0. The second-order valence-electron chi connectivity index (χ2n) is 6.52. The van der Waals surface area contributed by atoms with Gasteiger partial charge in [-0.3, -0.25) is 14.7 Å². The van der Waals surface area contributed by atoms with Gasteiger partial charge in [0.05, 0.1) is 0 Å². The molecule has 0 aromatic carbocycles. The van der Waals surface area contributed by atoms with E-state index in [1.807, 2.05) is 17.2 Å². The van der Waals surface area contributed by atoms with Gasteiger partial charge in [0, 0.05) is 44.6 Å². The SMILES string of the molecule is O=C(c1cccc(Cl)n1)N1CC[C@H]2CN(Cc3cccnc3)C[C@H]21. The van der Waals surface area contributed by atoms with E-state index in [9.17, 15) is 4.79 Å². The van der Waals surface area contributed by atoms with Crippen LogP contribution in [0.25, 0.3) is 0 Å². The molecular weight excluding hydrogens is 324 g/mol. The highest BCUT2D eigenvalue weighted by atomic mass is 35.5. The molecule has 2 fully saturated rings. The first-order valence-corrected chi connectivity index (χ1v) is 8.63. The highest BCUT2D eigenvalue weighted by Crippen LogP contribution is 2.33. The van der Waals surface area contributed by atoms with E-state index in [0.717, 1.165) is 32.6 Å². The Bertz CT molecular complexity index is 739. The topological polar surface area (TPSA) is 49.3 Å². The van der Waals surface area contributed by atoms with Crippen LogP contribution in [0, 0.1) is 5.92 Å². The van der Waals surface area contributed by atoms with E-state index in [2.05, 4.69) is 20.9 Å². The molecule has 2 aromatic rings. The second kappa shape index (κ2) is 6.49. The molecule has 0 bridgehead atoms. The molecule has 124 valence electrons. The molecule has 0 unspecified atom stereocenters. The standard InChI is InChI=1S/C18H19ClN4O/c19-17-5-1-4-15(21-17)18(24)23-8-6-14-11-22(12-16(14)23)10-13-3-2-7-20-9-13/h1-5,7,9,14,16H,6,8,10-12H2/t14-,16+/m0/s1. The summed E-state index contributed by atoms with van der Waals surface area (Å²) < 4.78 is 0. The number of carbonyl (C=O) groups is 1. The lowest BCUT2D eigenvalue weighted by molar-refractivity contribution is 0.0720. The van der Waals surface area contributed by atoms with E-state index in [4.69, 9.17) is 11.6 Å². The Kier molecular flexibility index (Phi) is 4.21. The van der Waals surface area contributed by atoms with Crippen molar-refractivity contribution in [1.29, 1.82) is 0 Å². The van der Waals surface area contributed by atoms with E-state index < -0.39 is 0 Å². The number of fused-ring (bicyclic) bond motifs is 1. The number of hydrogen-bond acceptors (Lipinski definition) is 4. The fraction of sp³-hybridized carbons (Fsp3) is 0.389. The Balaban J connectivity index is 1.45. The smallest absolute Gasteiger partial charge is 0.272 e. The maximum absolute atomic E-state index is 12.8. The van der Waals surface area contributed by atoms with Gasteiger partial charge in [-0.2, -0.15) is 0 Å². The van der Waals surface area contributed by atoms with E-state index >= 15 is 0 Å². The van der Waals surface area contributed by atoms with Gasteiger partial charge in [-0.15, -0.1) is 0 Å². The van der Waals surface area contributed by atoms with Crippen molar-refractivity contribution in [3.05, 3.63) is 59.1 Å². The number of nitrogens with zero attached hydrogens (tertiary/aromatic N) is 4. The van der Waals surface area contributed by atoms with E-state index in [1.54, 1.807) is 24.4 Å². The van der Waals surface area contributed by atoms with Crippen LogP contribution in [0.4, 0.5) is 0 Å². The quantitative estimate of drug-likeness (QED) is 0.804. The monoisotopic (exact) mass is 342 g/mol. The van der Waals surface area contributed by atoms with Crippen molar-refractivity contribution in [2.45, 2.75) is 19.0 Å². The average Bonchev–Trinajstić information content (AvgIpc) is 3.15. The molecule has 2 aliphatic rings. The fourth-order valence-corrected chi connectivity index (χ4v) is 4.02. The first kappa shape index (κ1) is 15.5. The summed E-state index contributed by atoms with van der Waals surface area (Å²) in [5.74, 6) is 0.540. The summed E-state index contributed by atoms with van der Waals surface area (Å²) in [4.78, 5) is 25.5. The minimum atomic E-state index is -0.00627. The zero-order valence-corrected chi connectivity index (χ0v) is 14.1. The summed E-state index contributed by atoms with van der Waals surface area (Å²) in [5.41, 5.74) is 1.65. The van der Waals surface area contributed by atoms with Crippen LogP contribution in [0.1, 0.15) is 22.5 Å². The highest BCUT2D eigenvalue weighted by Gasteiger charge is 2.43. The largest absolute Gasteiger partial charge is 0.333 e. The number of aromatic nitrogens is 2. The Morgan fingerprint density at radius 2 is 2.17 bits per heavy atom. The van der Waals surface area contributed by atoms with Crippen molar-refractivity contribution in [1.82, 2.24) is 19.8 Å². The lowest BCUT2D eigenvalue weighted by Crippen LogP contribution is -2.40. The third-order valence-corrected chi connectivity index (χ3v) is 5.16. The highest BCUT2D eigenvalue weighted by molar-refractivity contribution is 6.29. The first-order valence-electron chi connectivity index (χ1n) is 8.25. The van der Waals surface area contributed by atoms with Gasteiger partial charge in [-0.25, -0.2) is 4.98 Å². The maximum Gasteiger partial charge on any atom is 0.272 e. The summed E-state index contributed by atoms with van der Waals surface area (Å²) in [6.07, 6.45) is 4.76. The number of likely N-dealkylation sites (tertiary alicyclic amines) is 2. The van der Waals surface area contributed by atoms with Crippen LogP contribution in [-0.4, -0.2) is 51.4 Å². The van der Waals surface area contributed by atoms with Crippen LogP contribution in [-0.2, 0) is 6.54 Å². The van der Waals surface area contributed by atoms with Gasteiger partial charge in [0.15, 0.2) is 0 Å². The van der Waals surface area contributed by atoms with Gasteiger partial charge >= 0.3 is 0 Å². The number of pyridine rings is 2. The molecule has 0 radical (unpaired) electrons. The number of carbonyl (C=O) groups excluding carboxylic acids is 1. The molecule has 2 atom stereocenters. The van der Waals surface area contributed by atoms with Crippen LogP contribution < -0.4 is 0 Å². The van der Waals surface area contributed by atoms with Gasteiger partial charge in [0.1, 0.15) is 10.8 Å². The zero-order valence-electron chi connectivity index (χ0n) is 13.3. The molecule has 2 aliphatic heterocycles. The second-order valence-corrected chi connectivity index (χ2v) is 6.90. The molecule has 4 heterocycles. The maximum atomic E-state index is 12.8. The molecule has 2 saturated heterocycles. The Morgan fingerprint density at radius 3 is 2.96 bits per heavy atom. The molecule has 0 aliphatic carbocycles. The van der Waals surface area contributed by atoms with Crippen molar-refractivity contribution < 1.29 is 4.79 Å². The van der Waals surface area contributed by atoms with Gasteiger partial charge in [-0.05, 0) is 36.1 Å². The number of amides is 1. The molecule has 0 saturated carbocycles. The molecule has 0 spiro atoms. The zero-order chi connectivity index (χ0) is 16.5. The lowest BCUT2D eigenvalue weighted by atomic mass is 10.1.